The zero-order chi connectivity index (χ0) is 16.9. The van der Waals surface area contributed by atoms with E-state index in [4.69, 9.17) is 16.3 Å². The molecule has 0 aliphatic carbocycles. The van der Waals surface area contributed by atoms with Gasteiger partial charge in [0.05, 0.1) is 23.8 Å². The van der Waals surface area contributed by atoms with Crippen LogP contribution >= 0.6 is 22.9 Å². The monoisotopic (exact) mass is 377 g/mol. The van der Waals surface area contributed by atoms with Crippen LogP contribution in [0.25, 0.3) is 0 Å². The number of hydrogen-bond donors (Lipinski definition) is 1. The lowest BCUT2D eigenvalue weighted by atomic mass is 10.2. The summed E-state index contributed by atoms with van der Waals surface area (Å²) in [5.41, 5.74) is 1.02. The number of hydrogen-bond acceptors (Lipinski definition) is 4. The van der Waals surface area contributed by atoms with Gasteiger partial charge in [0, 0.05) is 16.3 Å². The van der Waals surface area contributed by atoms with Crippen molar-refractivity contribution in [2.24, 2.45) is 0 Å². The maximum absolute atomic E-state index is 12.6. The standard InChI is InChI=1S/C15H17ClFNO3S2/c1-11-12(16)3-2-4-15(11)23(19,20)18-13-6-10-22-14(13)5-8-21-9-7-17/h2-4,6,10,18H,5,7-9H2,1H3. The Morgan fingerprint density at radius 1 is 1.30 bits per heavy atom. The van der Waals surface area contributed by atoms with Crippen molar-refractivity contribution in [3.05, 3.63) is 45.1 Å². The Balaban J connectivity index is 2.15. The minimum absolute atomic E-state index is 0.0497. The summed E-state index contributed by atoms with van der Waals surface area (Å²) in [5, 5.41) is 2.20. The molecule has 0 unspecified atom stereocenters. The highest BCUT2D eigenvalue weighted by Crippen LogP contribution is 2.28. The third kappa shape index (κ3) is 4.67. The highest BCUT2D eigenvalue weighted by atomic mass is 35.5. The summed E-state index contributed by atoms with van der Waals surface area (Å²) in [7, 11) is -3.72. The summed E-state index contributed by atoms with van der Waals surface area (Å²) >= 11 is 7.42. The predicted octanol–water partition coefficient (Wildman–Crippen LogP) is 4.04. The maximum atomic E-state index is 12.6. The number of sulfonamides is 1. The molecule has 0 bridgehead atoms. The molecular weight excluding hydrogens is 361 g/mol. The number of anilines is 1. The van der Waals surface area contributed by atoms with E-state index in [1.165, 1.54) is 17.4 Å². The Morgan fingerprint density at radius 2 is 2.09 bits per heavy atom. The zero-order valence-corrected chi connectivity index (χ0v) is 14.9. The molecule has 0 saturated heterocycles. The average molecular weight is 378 g/mol. The maximum Gasteiger partial charge on any atom is 0.262 e. The van der Waals surface area contributed by atoms with Gasteiger partial charge in [0.1, 0.15) is 6.67 Å². The topological polar surface area (TPSA) is 55.4 Å². The fourth-order valence-electron chi connectivity index (χ4n) is 2.03. The molecule has 8 heteroatoms. The van der Waals surface area contributed by atoms with E-state index in [-0.39, 0.29) is 11.5 Å². The van der Waals surface area contributed by atoms with Crippen LogP contribution in [-0.2, 0) is 21.2 Å². The van der Waals surface area contributed by atoms with Crippen LogP contribution in [0.4, 0.5) is 10.1 Å². The number of ether oxygens (including phenoxy) is 1. The summed E-state index contributed by atoms with van der Waals surface area (Å²) < 4.78 is 44.8. The van der Waals surface area contributed by atoms with Crippen molar-refractivity contribution in [3.63, 3.8) is 0 Å². The van der Waals surface area contributed by atoms with Crippen molar-refractivity contribution in [2.75, 3.05) is 24.6 Å². The molecule has 0 fully saturated rings. The van der Waals surface area contributed by atoms with Gasteiger partial charge in [-0.1, -0.05) is 17.7 Å². The Kier molecular flexibility index (Phi) is 6.41. The number of benzene rings is 1. The lowest BCUT2D eigenvalue weighted by Gasteiger charge is -2.12. The van der Waals surface area contributed by atoms with Gasteiger partial charge < -0.3 is 4.74 Å². The van der Waals surface area contributed by atoms with Crippen LogP contribution in [0.3, 0.4) is 0 Å². The number of halogens is 2. The second-order valence-corrected chi connectivity index (χ2v) is 7.84. The van der Waals surface area contributed by atoms with Crippen molar-refractivity contribution >= 4 is 38.6 Å². The molecule has 1 N–H and O–H groups in total. The first kappa shape index (κ1) is 18.2. The Morgan fingerprint density at radius 3 is 2.83 bits per heavy atom. The highest BCUT2D eigenvalue weighted by Gasteiger charge is 2.20. The molecule has 2 rings (SSSR count). The van der Waals surface area contributed by atoms with Gasteiger partial charge in [0.15, 0.2) is 0 Å². The van der Waals surface area contributed by atoms with Crippen LogP contribution in [0, 0.1) is 6.92 Å². The molecule has 0 aliphatic rings. The van der Waals surface area contributed by atoms with Crippen LogP contribution in [0.15, 0.2) is 34.5 Å². The molecule has 0 radical (unpaired) electrons. The molecule has 0 aliphatic heterocycles. The quantitative estimate of drug-likeness (QED) is 0.706. The summed E-state index contributed by atoms with van der Waals surface area (Å²) in [6, 6.07) is 6.46. The van der Waals surface area contributed by atoms with Crippen molar-refractivity contribution < 1.29 is 17.5 Å². The molecule has 23 heavy (non-hydrogen) atoms. The molecule has 2 aromatic rings. The normalized spacial score (nSPS) is 11.6. The third-order valence-corrected chi connectivity index (χ3v) is 6.09. The first-order chi connectivity index (χ1) is 11.0. The lowest BCUT2D eigenvalue weighted by Crippen LogP contribution is -2.15. The van der Waals surface area contributed by atoms with Gasteiger partial charge in [-0.15, -0.1) is 11.3 Å². The molecule has 4 nitrogen and oxygen atoms in total. The van der Waals surface area contributed by atoms with Crippen molar-refractivity contribution in [2.45, 2.75) is 18.2 Å². The SMILES string of the molecule is Cc1c(Cl)cccc1S(=O)(=O)Nc1ccsc1CCOCCF. The fraction of sp³-hybridized carbons (Fsp3) is 0.333. The predicted molar refractivity (Wildman–Crippen MR) is 91.8 cm³/mol. The van der Waals surface area contributed by atoms with Gasteiger partial charge >= 0.3 is 0 Å². The molecule has 1 aromatic carbocycles. The number of alkyl halides is 1. The molecule has 1 heterocycles. The van der Waals surface area contributed by atoms with Gasteiger partial charge in [-0.3, -0.25) is 4.72 Å². The summed E-state index contributed by atoms with van der Waals surface area (Å²) in [5.74, 6) is 0. The zero-order valence-electron chi connectivity index (χ0n) is 12.5. The van der Waals surface area contributed by atoms with E-state index < -0.39 is 16.7 Å². The Labute approximate surface area is 144 Å². The summed E-state index contributed by atoms with van der Waals surface area (Å²) in [6.07, 6.45) is 0.518. The van der Waals surface area contributed by atoms with Crippen molar-refractivity contribution in [1.29, 1.82) is 0 Å². The van der Waals surface area contributed by atoms with Crippen molar-refractivity contribution in [3.8, 4) is 0 Å². The Bertz CT molecular complexity index is 762. The van der Waals surface area contributed by atoms with Crippen LogP contribution in [0.2, 0.25) is 5.02 Å². The highest BCUT2D eigenvalue weighted by molar-refractivity contribution is 7.92. The largest absolute Gasteiger partial charge is 0.378 e. The minimum atomic E-state index is -3.72. The minimum Gasteiger partial charge on any atom is -0.378 e. The molecule has 0 saturated carbocycles. The van der Waals surface area contributed by atoms with E-state index in [2.05, 4.69) is 4.72 Å². The molecule has 0 amide bonds. The van der Waals surface area contributed by atoms with Crippen LogP contribution < -0.4 is 4.72 Å². The average Bonchev–Trinajstić information content (AvgIpc) is 2.93. The van der Waals surface area contributed by atoms with E-state index in [0.717, 1.165) is 4.88 Å². The third-order valence-electron chi connectivity index (χ3n) is 3.19. The van der Waals surface area contributed by atoms with Crippen LogP contribution in [0.5, 0.6) is 0 Å². The van der Waals surface area contributed by atoms with E-state index in [0.29, 0.717) is 29.3 Å². The number of thiophene rings is 1. The first-order valence-electron chi connectivity index (χ1n) is 6.93. The second kappa shape index (κ2) is 8.10. The van der Waals surface area contributed by atoms with Gasteiger partial charge in [-0.2, -0.15) is 0 Å². The molecular formula is C15H17ClFNO3S2. The second-order valence-electron chi connectivity index (χ2n) is 4.78. The molecule has 0 spiro atoms. The summed E-state index contributed by atoms with van der Waals surface area (Å²) in [4.78, 5) is 0.989. The number of nitrogens with one attached hydrogen (secondary N) is 1. The first-order valence-corrected chi connectivity index (χ1v) is 9.68. The van der Waals surface area contributed by atoms with Gasteiger partial charge in [-0.25, -0.2) is 12.8 Å². The van der Waals surface area contributed by atoms with Crippen molar-refractivity contribution in [1.82, 2.24) is 0 Å². The van der Waals surface area contributed by atoms with Crippen LogP contribution in [0.1, 0.15) is 10.4 Å². The Hall–Kier alpha value is -1.15. The smallest absolute Gasteiger partial charge is 0.262 e. The molecule has 0 atom stereocenters. The van der Waals surface area contributed by atoms with E-state index >= 15 is 0 Å². The van der Waals surface area contributed by atoms with E-state index in [1.807, 2.05) is 0 Å². The fourth-order valence-corrected chi connectivity index (χ4v) is 4.50. The van der Waals surface area contributed by atoms with E-state index in [1.54, 1.807) is 30.5 Å². The lowest BCUT2D eigenvalue weighted by molar-refractivity contribution is 0.122. The van der Waals surface area contributed by atoms with Gasteiger partial charge in [0.25, 0.3) is 10.0 Å². The van der Waals surface area contributed by atoms with E-state index in [9.17, 15) is 12.8 Å². The van der Waals surface area contributed by atoms with Gasteiger partial charge in [-0.05, 0) is 36.1 Å². The number of rotatable bonds is 8. The van der Waals surface area contributed by atoms with Gasteiger partial charge in [0.2, 0.25) is 0 Å². The van der Waals surface area contributed by atoms with Crippen LogP contribution in [-0.4, -0.2) is 28.3 Å². The summed E-state index contributed by atoms with van der Waals surface area (Å²) in [6.45, 7) is 1.53. The molecule has 126 valence electrons. The molecule has 1 aromatic heterocycles.